The van der Waals surface area contributed by atoms with Crippen LogP contribution in [0.25, 0.3) is 0 Å². The lowest BCUT2D eigenvalue weighted by Crippen LogP contribution is -2.48. The number of rotatable bonds is 0. The van der Waals surface area contributed by atoms with Crippen LogP contribution >= 0.6 is 0 Å². The predicted octanol–water partition coefficient (Wildman–Crippen LogP) is 4.18. The van der Waals surface area contributed by atoms with Gasteiger partial charge in [-0.3, -0.25) is 0 Å². The van der Waals surface area contributed by atoms with Gasteiger partial charge in [-0.05, 0) is 37.2 Å². The van der Waals surface area contributed by atoms with Gasteiger partial charge in [0.25, 0.3) is 0 Å². The van der Waals surface area contributed by atoms with E-state index in [-0.39, 0.29) is 16.2 Å². The number of fused-ring (bicyclic) bond motifs is 1. The van der Waals surface area contributed by atoms with Crippen LogP contribution in [0.3, 0.4) is 0 Å². The molecule has 0 unspecified atom stereocenters. The van der Waals surface area contributed by atoms with E-state index in [1.54, 1.807) is 0 Å². The monoisotopic (exact) mass is 222 g/mol. The molecule has 0 aromatic carbocycles. The molecule has 0 spiro atoms. The van der Waals surface area contributed by atoms with E-state index in [2.05, 4.69) is 55.4 Å². The van der Waals surface area contributed by atoms with Gasteiger partial charge in [-0.15, -0.1) is 0 Å². The molecule has 0 radical (unpaired) electrons. The zero-order valence-electron chi connectivity index (χ0n) is 12.1. The molecule has 1 aliphatic heterocycles. The predicted molar refractivity (Wildman–Crippen MR) is 68.4 cm³/mol. The minimum absolute atomic E-state index is 0.216. The fourth-order valence-electron chi connectivity index (χ4n) is 4.02. The normalized spacial score (nSPS) is 45.0. The van der Waals surface area contributed by atoms with Gasteiger partial charge in [-0.1, -0.05) is 40.2 Å². The lowest BCUT2D eigenvalue weighted by atomic mass is 9.53. The first kappa shape index (κ1) is 12.2. The van der Waals surface area contributed by atoms with Crippen LogP contribution in [-0.2, 0) is 4.74 Å². The second-order valence-electron chi connectivity index (χ2n) is 7.02. The zero-order valence-corrected chi connectivity index (χ0v) is 12.1. The van der Waals surface area contributed by atoms with Crippen LogP contribution in [0.2, 0.25) is 0 Å². The SMILES string of the molecule is CC1=C(C)C(C)(C)[C@@]2(C)[C@@H]1O[C@H](C)C2(C)C. The average Bonchev–Trinajstić information content (AvgIpc) is 2.43. The van der Waals surface area contributed by atoms with Crippen molar-refractivity contribution < 1.29 is 4.74 Å². The Labute approximate surface area is 100 Å². The van der Waals surface area contributed by atoms with Crippen LogP contribution < -0.4 is 0 Å². The van der Waals surface area contributed by atoms with Crippen LogP contribution in [0.4, 0.5) is 0 Å². The van der Waals surface area contributed by atoms with E-state index in [4.69, 9.17) is 4.74 Å². The van der Waals surface area contributed by atoms with E-state index in [0.717, 1.165) is 0 Å². The summed E-state index contributed by atoms with van der Waals surface area (Å²) in [6, 6.07) is 0. The van der Waals surface area contributed by atoms with Crippen LogP contribution in [0.5, 0.6) is 0 Å². The molecule has 0 saturated carbocycles. The van der Waals surface area contributed by atoms with Gasteiger partial charge in [0.15, 0.2) is 0 Å². The summed E-state index contributed by atoms with van der Waals surface area (Å²) in [7, 11) is 0. The molecule has 16 heavy (non-hydrogen) atoms. The van der Waals surface area contributed by atoms with E-state index in [9.17, 15) is 0 Å². The number of ether oxygens (including phenoxy) is 1. The lowest BCUT2D eigenvalue weighted by molar-refractivity contribution is 0.0155. The van der Waals surface area contributed by atoms with Crippen LogP contribution in [0.15, 0.2) is 11.1 Å². The van der Waals surface area contributed by atoms with Gasteiger partial charge >= 0.3 is 0 Å². The first-order valence-electron chi connectivity index (χ1n) is 6.41. The third-order valence-corrected chi connectivity index (χ3v) is 6.44. The Morgan fingerprint density at radius 3 is 1.94 bits per heavy atom. The molecule has 1 heteroatoms. The molecule has 2 aliphatic rings. The van der Waals surface area contributed by atoms with E-state index in [1.165, 1.54) is 11.1 Å². The minimum Gasteiger partial charge on any atom is -0.370 e. The highest BCUT2D eigenvalue weighted by molar-refractivity contribution is 5.38. The van der Waals surface area contributed by atoms with Crippen molar-refractivity contribution in [2.75, 3.05) is 0 Å². The largest absolute Gasteiger partial charge is 0.370 e. The average molecular weight is 222 g/mol. The summed E-state index contributed by atoms with van der Waals surface area (Å²) in [4.78, 5) is 0. The van der Waals surface area contributed by atoms with Crippen LogP contribution in [0, 0.1) is 16.2 Å². The molecule has 1 nitrogen and oxygen atoms in total. The van der Waals surface area contributed by atoms with Crippen LogP contribution in [-0.4, -0.2) is 12.2 Å². The highest BCUT2D eigenvalue weighted by Gasteiger charge is 2.67. The summed E-state index contributed by atoms with van der Waals surface area (Å²) >= 11 is 0. The van der Waals surface area contributed by atoms with Crippen molar-refractivity contribution >= 4 is 0 Å². The van der Waals surface area contributed by atoms with Gasteiger partial charge in [0, 0.05) is 5.41 Å². The second-order valence-corrected chi connectivity index (χ2v) is 7.02. The minimum atomic E-state index is 0.216. The maximum Gasteiger partial charge on any atom is 0.0856 e. The molecule has 1 aliphatic carbocycles. The van der Waals surface area contributed by atoms with Crippen molar-refractivity contribution in [3.63, 3.8) is 0 Å². The number of hydrogen-bond donors (Lipinski definition) is 0. The Balaban J connectivity index is 2.63. The van der Waals surface area contributed by atoms with Crippen molar-refractivity contribution in [2.45, 2.75) is 67.6 Å². The third-order valence-electron chi connectivity index (χ3n) is 6.44. The fourth-order valence-corrected chi connectivity index (χ4v) is 4.02. The molecule has 0 N–H and O–H groups in total. The smallest absolute Gasteiger partial charge is 0.0856 e. The van der Waals surface area contributed by atoms with E-state index < -0.39 is 0 Å². The number of hydrogen-bond acceptors (Lipinski definition) is 1. The van der Waals surface area contributed by atoms with Crippen molar-refractivity contribution in [3.8, 4) is 0 Å². The van der Waals surface area contributed by atoms with Crippen molar-refractivity contribution in [2.24, 2.45) is 16.2 Å². The Morgan fingerprint density at radius 1 is 1.00 bits per heavy atom. The van der Waals surface area contributed by atoms with Gasteiger partial charge in [0.1, 0.15) is 0 Å². The Kier molecular flexibility index (Phi) is 2.23. The standard InChI is InChI=1S/C15H26O/c1-9-10(2)13(4,5)15(8)12(9)16-11(3)14(15,6)7/h11-12H,1-8H3/t11-,12-,15-/m1/s1. The molecule has 1 heterocycles. The van der Waals surface area contributed by atoms with Crippen molar-refractivity contribution in [1.29, 1.82) is 0 Å². The molecule has 2 rings (SSSR count). The van der Waals surface area contributed by atoms with E-state index in [0.29, 0.717) is 12.2 Å². The molecule has 0 amide bonds. The fraction of sp³-hybridized carbons (Fsp3) is 0.867. The third kappa shape index (κ3) is 0.971. The Bertz CT molecular complexity index is 362. The maximum atomic E-state index is 6.26. The second kappa shape index (κ2) is 2.93. The molecule has 92 valence electrons. The maximum absolute atomic E-state index is 6.26. The Hall–Kier alpha value is -0.300. The molecule has 1 saturated heterocycles. The van der Waals surface area contributed by atoms with Gasteiger partial charge in [0.05, 0.1) is 12.2 Å². The van der Waals surface area contributed by atoms with Crippen molar-refractivity contribution in [3.05, 3.63) is 11.1 Å². The molecule has 3 atom stereocenters. The molecule has 1 fully saturated rings. The molecule has 0 aromatic heterocycles. The number of allylic oxidation sites excluding steroid dienone is 1. The van der Waals surface area contributed by atoms with Gasteiger partial charge in [0.2, 0.25) is 0 Å². The van der Waals surface area contributed by atoms with Gasteiger partial charge in [-0.25, -0.2) is 0 Å². The molecule has 0 aromatic rings. The highest BCUT2D eigenvalue weighted by atomic mass is 16.5. The Morgan fingerprint density at radius 2 is 1.50 bits per heavy atom. The summed E-state index contributed by atoms with van der Waals surface area (Å²) < 4.78 is 6.26. The summed E-state index contributed by atoms with van der Waals surface area (Å²) in [6.45, 7) is 18.7. The zero-order chi connectivity index (χ0) is 12.5. The van der Waals surface area contributed by atoms with E-state index in [1.807, 2.05) is 0 Å². The lowest BCUT2D eigenvalue weighted by Gasteiger charge is -2.49. The quantitative estimate of drug-likeness (QED) is 0.559. The first-order valence-corrected chi connectivity index (χ1v) is 6.41. The van der Waals surface area contributed by atoms with Crippen LogP contribution in [0.1, 0.15) is 55.4 Å². The summed E-state index contributed by atoms with van der Waals surface area (Å²) in [6.07, 6.45) is 0.650. The highest BCUT2D eigenvalue weighted by Crippen LogP contribution is 2.68. The topological polar surface area (TPSA) is 9.23 Å². The molecule has 0 bridgehead atoms. The first-order chi connectivity index (χ1) is 7.08. The van der Waals surface area contributed by atoms with Gasteiger partial charge < -0.3 is 4.74 Å². The summed E-state index contributed by atoms with van der Waals surface area (Å²) in [5, 5.41) is 0. The van der Waals surface area contributed by atoms with Crippen molar-refractivity contribution in [1.82, 2.24) is 0 Å². The van der Waals surface area contributed by atoms with E-state index >= 15 is 0 Å². The summed E-state index contributed by atoms with van der Waals surface area (Å²) in [5.41, 5.74) is 3.66. The molecular formula is C15H26O. The summed E-state index contributed by atoms with van der Waals surface area (Å²) in [5.74, 6) is 0. The molecular weight excluding hydrogens is 196 g/mol. The van der Waals surface area contributed by atoms with Gasteiger partial charge in [-0.2, -0.15) is 0 Å².